The van der Waals surface area contributed by atoms with Crippen molar-refractivity contribution in [3.63, 3.8) is 0 Å². The molecule has 0 saturated carbocycles. The van der Waals surface area contributed by atoms with Gasteiger partial charge in [-0.05, 0) is 32.2 Å². The summed E-state index contributed by atoms with van der Waals surface area (Å²) in [5, 5.41) is 3.52. The van der Waals surface area contributed by atoms with Gasteiger partial charge in [0.25, 0.3) is 0 Å². The second-order valence-electron chi connectivity index (χ2n) is 3.42. The summed E-state index contributed by atoms with van der Waals surface area (Å²) in [4.78, 5) is 0. The Balaban J connectivity index is 1.92. The molecule has 2 aliphatic rings. The van der Waals surface area contributed by atoms with Crippen molar-refractivity contribution in [3.8, 4) is 0 Å². The highest BCUT2D eigenvalue weighted by molar-refractivity contribution is 4.96. The minimum Gasteiger partial charge on any atom is -0.381 e. The van der Waals surface area contributed by atoms with Crippen LogP contribution in [0, 0.1) is 0 Å². The van der Waals surface area contributed by atoms with Crippen LogP contribution in [-0.2, 0) is 4.74 Å². The normalized spacial score (nSPS) is 40.8. The van der Waals surface area contributed by atoms with Crippen LogP contribution in [0.1, 0.15) is 25.7 Å². The van der Waals surface area contributed by atoms with E-state index in [4.69, 9.17) is 4.74 Å². The summed E-state index contributed by atoms with van der Waals surface area (Å²) in [6.07, 6.45) is 5.17. The molecule has 10 heavy (non-hydrogen) atoms. The van der Waals surface area contributed by atoms with Crippen molar-refractivity contribution >= 4 is 0 Å². The molecule has 1 spiro atoms. The molecular weight excluding hydrogens is 126 g/mol. The van der Waals surface area contributed by atoms with Crippen molar-refractivity contribution in [2.45, 2.75) is 31.2 Å². The predicted octanol–water partition coefficient (Wildman–Crippen LogP) is 0.919. The third-order valence-electron chi connectivity index (χ3n) is 2.77. The topological polar surface area (TPSA) is 21.3 Å². The predicted molar refractivity (Wildman–Crippen MR) is 40.0 cm³/mol. The summed E-state index contributed by atoms with van der Waals surface area (Å²) >= 11 is 0. The summed E-state index contributed by atoms with van der Waals surface area (Å²) in [6.45, 7) is 3.16. The van der Waals surface area contributed by atoms with E-state index in [0.29, 0.717) is 5.54 Å². The van der Waals surface area contributed by atoms with Gasteiger partial charge in [-0.1, -0.05) is 0 Å². The second-order valence-corrected chi connectivity index (χ2v) is 3.42. The Bertz CT molecular complexity index is 110. The zero-order chi connectivity index (χ0) is 6.86. The smallest absolute Gasteiger partial charge is 0.0483 e. The van der Waals surface area contributed by atoms with Crippen LogP contribution >= 0.6 is 0 Å². The molecule has 1 atom stereocenters. The van der Waals surface area contributed by atoms with E-state index in [2.05, 4.69) is 5.32 Å². The van der Waals surface area contributed by atoms with E-state index in [-0.39, 0.29) is 0 Å². The van der Waals surface area contributed by atoms with Gasteiger partial charge in [-0.2, -0.15) is 0 Å². The van der Waals surface area contributed by atoms with Crippen LogP contribution in [0.4, 0.5) is 0 Å². The van der Waals surface area contributed by atoms with Crippen LogP contribution < -0.4 is 5.32 Å². The maximum Gasteiger partial charge on any atom is 0.0483 e. The van der Waals surface area contributed by atoms with E-state index in [1.807, 2.05) is 0 Å². The molecule has 0 aromatic carbocycles. The monoisotopic (exact) mass is 141 g/mol. The van der Waals surface area contributed by atoms with E-state index in [1.165, 1.54) is 32.2 Å². The zero-order valence-electron chi connectivity index (χ0n) is 6.36. The Morgan fingerprint density at radius 1 is 1.10 bits per heavy atom. The van der Waals surface area contributed by atoms with Crippen LogP contribution in [-0.4, -0.2) is 25.3 Å². The molecule has 2 fully saturated rings. The molecule has 0 aromatic heterocycles. The van der Waals surface area contributed by atoms with Gasteiger partial charge in [0, 0.05) is 18.8 Å². The van der Waals surface area contributed by atoms with Gasteiger partial charge < -0.3 is 10.1 Å². The summed E-state index contributed by atoms with van der Waals surface area (Å²) in [5.41, 5.74) is 0.510. The zero-order valence-corrected chi connectivity index (χ0v) is 6.36. The molecule has 0 bridgehead atoms. The Morgan fingerprint density at radius 3 is 2.70 bits per heavy atom. The van der Waals surface area contributed by atoms with Crippen molar-refractivity contribution in [3.05, 3.63) is 0 Å². The first-order chi connectivity index (χ1) is 4.91. The standard InChI is InChI=1S/C8H15NO/c1-2-8(3-5-9-8)4-7-10-6-1/h9H,1-7H2. The Hall–Kier alpha value is -0.0800. The lowest BCUT2D eigenvalue weighted by Gasteiger charge is -2.42. The van der Waals surface area contributed by atoms with Crippen molar-refractivity contribution < 1.29 is 4.74 Å². The number of nitrogens with one attached hydrogen (secondary N) is 1. The average Bonchev–Trinajstić information content (AvgIpc) is 2.08. The van der Waals surface area contributed by atoms with Gasteiger partial charge in [-0.3, -0.25) is 0 Å². The fraction of sp³-hybridized carbons (Fsp3) is 1.00. The molecular formula is C8H15NO. The molecule has 1 unspecified atom stereocenters. The maximum absolute atomic E-state index is 5.39. The molecule has 2 nitrogen and oxygen atoms in total. The van der Waals surface area contributed by atoms with Crippen molar-refractivity contribution in [1.82, 2.24) is 5.32 Å². The quantitative estimate of drug-likeness (QED) is 0.541. The molecule has 2 saturated heterocycles. The van der Waals surface area contributed by atoms with Crippen molar-refractivity contribution in [2.24, 2.45) is 0 Å². The molecule has 2 heterocycles. The van der Waals surface area contributed by atoms with Crippen LogP contribution in [0.2, 0.25) is 0 Å². The molecule has 58 valence electrons. The molecule has 2 rings (SSSR count). The van der Waals surface area contributed by atoms with Gasteiger partial charge >= 0.3 is 0 Å². The third kappa shape index (κ3) is 1.06. The molecule has 0 radical (unpaired) electrons. The number of hydrogen-bond acceptors (Lipinski definition) is 2. The lowest BCUT2D eigenvalue weighted by atomic mass is 9.81. The van der Waals surface area contributed by atoms with Crippen LogP contribution in [0.25, 0.3) is 0 Å². The molecule has 2 aliphatic heterocycles. The van der Waals surface area contributed by atoms with Crippen LogP contribution in [0.5, 0.6) is 0 Å². The van der Waals surface area contributed by atoms with Gasteiger partial charge in [0.2, 0.25) is 0 Å². The van der Waals surface area contributed by atoms with Gasteiger partial charge in [0.05, 0.1) is 0 Å². The molecule has 0 amide bonds. The van der Waals surface area contributed by atoms with Gasteiger partial charge in [-0.25, -0.2) is 0 Å². The molecule has 0 aromatic rings. The van der Waals surface area contributed by atoms with Crippen molar-refractivity contribution in [1.29, 1.82) is 0 Å². The van der Waals surface area contributed by atoms with Gasteiger partial charge in [-0.15, -0.1) is 0 Å². The van der Waals surface area contributed by atoms with E-state index in [1.54, 1.807) is 0 Å². The van der Waals surface area contributed by atoms with E-state index in [0.717, 1.165) is 13.2 Å². The highest BCUT2D eigenvalue weighted by atomic mass is 16.5. The first-order valence-corrected chi connectivity index (χ1v) is 4.24. The van der Waals surface area contributed by atoms with E-state index < -0.39 is 0 Å². The number of hydrogen-bond donors (Lipinski definition) is 1. The minimum atomic E-state index is 0.510. The lowest BCUT2D eigenvalue weighted by molar-refractivity contribution is 0.122. The average molecular weight is 141 g/mol. The Kier molecular flexibility index (Phi) is 1.66. The number of rotatable bonds is 0. The molecule has 1 N–H and O–H groups in total. The minimum absolute atomic E-state index is 0.510. The fourth-order valence-electron chi connectivity index (χ4n) is 1.91. The second kappa shape index (κ2) is 2.51. The van der Waals surface area contributed by atoms with Gasteiger partial charge in [0.15, 0.2) is 0 Å². The highest BCUT2D eigenvalue weighted by Gasteiger charge is 2.36. The summed E-state index contributed by atoms with van der Waals surface area (Å²) in [7, 11) is 0. The highest BCUT2D eigenvalue weighted by Crippen LogP contribution is 2.29. The molecule has 0 aliphatic carbocycles. The Labute approximate surface area is 61.9 Å². The first kappa shape index (κ1) is 6.62. The van der Waals surface area contributed by atoms with E-state index in [9.17, 15) is 0 Å². The SMILES string of the molecule is C1COCCC2(C1)CCN2. The third-order valence-corrected chi connectivity index (χ3v) is 2.77. The van der Waals surface area contributed by atoms with Crippen LogP contribution in [0.3, 0.4) is 0 Å². The largest absolute Gasteiger partial charge is 0.381 e. The Morgan fingerprint density at radius 2 is 2.00 bits per heavy atom. The summed E-state index contributed by atoms with van der Waals surface area (Å²) in [5.74, 6) is 0. The van der Waals surface area contributed by atoms with Crippen molar-refractivity contribution in [2.75, 3.05) is 19.8 Å². The fourth-order valence-corrected chi connectivity index (χ4v) is 1.91. The van der Waals surface area contributed by atoms with E-state index >= 15 is 0 Å². The molecule has 2 heteroatoms. The lowest BCUT2D eigenvalue weighted by Crippen LogP contribution is -2.56. The summed E-state index contributed by atoms with van der Waals surface area (Å²) in [6, 6.07) is 0. The van der Waals surface area contributed by atoms with Gasteiger partial charge in [0.1, 0.15) is 0 Å². The summed E-state index contributed by atoms with van der Waals surface area (Å²) < 4.78 is 5.39. The maximum atomic E-state index is 5.39. The van der Waals surface area contributed by atoms with Crippen LogP contribution in [0.15, 0.2) is 0 Å². The number of ether oxygens (including phenoxy) is 1. The first-order valence-electron chi connectivity index (χ1n) is 4.24.